The van der Waals surface area contributed by atoms with Gasteiger partial charge in [0.05, 0.1) is 0 Å². The molecule has 2 heterocycles. The fourth-order valence-corrected chi connectivity index (χ4v) is 5.37. The van der Waals surface area contributed by atoms with Gasteiger partial charge in [-0.3, -0.25) is 14.4 Å². The lowest BCUT2D eigenvalue weighted by Crippen LogP contribution is -2.48. The molecule has 0 spiro atoms. The standard InChI is InChI=1S/C28H33N3O4/c32-26(19-7-2-1-3-8-19)29-22-13-15-31(16-14-22)28(34)21-10-6-11-23(17-21)30-27(33)25-18-20-9-4-5-12-24(20)35-25/h4-6,9-12,17,19,22,25H,1-3,7-8,13-16,18H2,(H,29,32)(H,30,33). The molecule has 2 aromatic carbocycles. The van der Waals surface area contributed by atoms with Gasteiger partial charge in [0.25, 0.3) is 11.8 Å². The van der Waals surface area contributed by atoms with Crippen molar-refractivity contribution in [3.05, 3.63) is 59.7 Å². The lowest BCUT2D eigenvalue weighted by molar-refractivity contribution is -0.127. The minimum absolute atomic E-state index is 0.0531. The van der Waals surface area contributed by atoms with Crippen molar-refractivity contribution in [3.8, 4) is 5.75 Å². The predicted molar refractivity (Wildman–Crippen MR) is 133 cm³/mol. The smallest absolute Gasteiger partial charge is 0.265 e. The molecule has 1 saturated heterocycles. The second-order valence-electron chi connectivity index (χ2n) is 9.90. The molecule has 1 unspecified atom stereocenters. The second kappa shape index (κ2) is 10.5. The molecule has 2 N–H and O–H groups in total. The summed E-state index contributed by atoms with van der Waals surface area (Å²) < 4.78 is 5.77. The highest BCUT2D eigenvalue weighted by atomic mass is 16.5. The molecule has 2 fully saturated rings. The molecule has 5 rings (SSSR count). The number of nitrogens with zero attached hydrogens (tertiary/aromatic N) is 1. The van der Waals surface area contributed by atoms with Crippen molar-refractivity contribution >= 4 is 23.4 Å². The average Bonchev–Trinajstić information content (AvgIpc) is 3.34. The van der Waals surface area contributed by atoms with Crippen molar-refractivity contribution in [2.45, 2.75) is 63.5 Å². The first-order valence-electron chi connectivity index (χ1n) is 12.8. The van der Waals surface area contributed by atoms with Crippen LogP contribution >= 0.6 is 0 Å². The van der Waals surface area contributed by atoms with E-state index in [9.17, 15) is 14.4 Å². The van der Waals surface area contributed by atoms with Gasteiger partial charge in [-0.1, -0.05) is 43.5 Å². The number of ether oxygens (including phenoxy) is 1. The number of carbonyl (C=O) groups is 3. The summed E-state index contributed by atoms with van der Waals surface area (Å²) in [4.78, 5) is 40.2. The molecule has 0 radical (unpaired) electrons. The molecule has 0 bridgehead atoms. The lowest BCUT2D eigenvalue weighted by Gasteiger charge is -2.33. The van der Waals surface area contributed by atoms with E-state index in [2.05, 4.69) is 10.6 Å². The van der Waals surface area contributed by atoms with Crippen LogP contribution in [0.5, 0.6) is 5.75 Å². The van der Waals surface area contributed by atoms with Crippen molar-refractivity contribution in [1.29, 1.82) is 0 Å². The number of hydrogen-bond donors (Lipinski definition) is 2. The zero-order chi connectivity index (χ0) is 24.2. The molecule has 3 aliphatic rings. The number of anilines is 1. The molecule has 3 amide bonds. The third-order valence-corrected chi connectivity index (χ3v) is 7.42. The van der Waals surface area contributed by atoms with Gasteiger partial charge in [0, 0.05) is 42.7 Å². The predicted octanol–water partition coefficient (Wildman–Crippen LogP) is 3.93. The second-order valence-corrected chi connectivity index (χ2v) is 9.90. The van der Waals surface area contributed by atoms with Gasteiger partial charge in [-0.2, -0.15) is 0 Å². The summed E-state index contributed by atoms with van der Waals surface area (Å²) in [6.45, 7) is 1.22. The highest BCUT2D eigenvalue weighted by Gasteiger charge is 2.30. The summed E-state index contributed by atoms with van der Waals surface area (Å²) in [6.07, 6.45) is 7.00. The summed E-state index contributed by atoms with van der Waals surface area (Å²) in [6, 6.07) is 14.9. The van der Waals surface area contributed by atoms with Crippen molar-refractivity contribution in [3.63, 3.8) is 0 Å². The third kappa shape index (κ3) is 5.50. The lowest BCUT2D eigenvalue weighted by atomic mass is 9.88. The number of para-hydroxylation sites is 1. The Kier molecular flexibility index (Phi) is 7.02. The topological polar surface area (TPSA) is 87.7 Å². The molecule has 1 saturated carbocycles. The van der Waals surface area contributed by atoms with Crippen LogP contribution in [-0.2, 0) is 16.0 Å². The Morgan fingerprint density at radius 1 is 0.857 bits per heavy atom. The summed E-state index contributed by atoms with van der Waals surface area (Å²) >= 11 is 0. The SMILES string of the molecule is O=C(NC1CCN(C(=O)c2cccc(NC(=O)C3Cc4ccccc4O3)c2)CC1)C1CCCCC1. The number of nitrogens with one attached hydrogen (secondary N) is 2. The summed E-state index contributed by atoms with van der Waals surface area (Å²) in [5.74, 6) is 0.815. The first-order chi connectivity index (χ1) is 17.1. The van der Waals surface area contributed by atoms with Crippen molar-refractivity contribution in [2.75, 3.05) is 18.4 Å². The number of fused-ring (bicyclic) bond motifs is 1. The maximum absolute atomic E-state index is 13.1. The van der Waals surface area contributed by atoms with E-state index in [1.807, 2.05) is 29.2 Å². The Bertz CT molecular complexity index is 1060. The number of likely N-dealkylation sites (tertiary alicyclic amines) is 1. The summed E-state index contributed by atoms with van der Waals surface area (Å²) in [7, 11) is 0. The van der Waals surface area contributed by atoms with Crippen LogP contribution in [0.15, 0.2) is 48.5 Å². The first-order valence-corrected chi connectivity index (χ1v) is 12.8. The molecular formula is C28H33N3O4. The molecule has 0 aromatic heterocycles. The first kappa shape index (κ1) is 23.4. The van der Waals surface area contributed by atoms with Gasteiger partial charge in [0.1, 0.15) is 5.75 Å². The molecule has 1 atom stereocenters. The Morgan fingerprint density at radius 2 is 1.63 bits per heavy atom. The van der Waals surface area contributed by atoms with Crippen molar-refractivity contribution < 1.29 is 19.1 Å². The molecule has 7 nitrogen and oxygen atoms in total. The molecular weight excluding hydrogens is 442 g/mol. The quantitative estimate of drug-likeness (QED) is 0.686. The fourth-order valence-electron chi connectivity index (χ4n) is 5.37. The van der Waals surface area contributed by atoms with Crippen LogP contribution in [0, 0.1) is 5.92 Å². The number of benzene rings is 2. The fraction of sp³-hybridized carbons (Fsp3) is 0.464. The van der Waals surface area contributed by atoms with Gasteiger partial charge in [0.15, 0.2) is 6.10 Å². The van der Waals surface area contributed by atoms with E-state index >= 15 is 0 Å². The zero-order valence-corrected chi connectivity index (χ0v) is 20.0. The van der Waals surface area contributed by atoms with Crippen LogP contribution in [0.2, 0.25) is 0 Å². The van der Waals surface area contributed by atoms with Gasteiger partial charge in [-0.05, 0) is 55.5 Å². The van der Waals surface area contributed by atoms with E-state index in [-0.39, 0.29) is 29.7 Å². The molecule has 35 heavy (non-hydrogen) atoms. The van der Waals surface area contributed by atoms with Crippen LogP contribution in [-0.4, -0.2) is 47.9 Å². The normalized spacial score (nSPS) is 20.6. The zero-order valence-electron chi connectivity index (χ0n) is 20.0. The third-order valence-electron chi connectivity index (χ3n) is 7.42. The number of rotatable bonds is 5. The maximum Gasteiger partial charge on any atom is 0.265 e. The van der Waals surface area contributed by atoms with E-state index in [1.165, 1.54) is 6.42 Å². The minimum Gasteiger partial charge on any atom is -0.480 e. The maximum atomic E-state index is 13.1. The van der Waals surface area contributed by atoms with Crippen LogP contribution < -0.4 is 15.4 Å². The summed E-state index contributed by atoms with van der Waals surface area (Å²) in [5, 5.41) is 6.11. The Balaban J connectivity index is 1.12. The van der Waals surface area contributed by atoms with Crippen molar-refractivity contribution in [2.24, 2.45) is 5.92 Å². The Morgan fingerprint density at radius 3 is 2.40 bits per heavy atom. The van der Waals surface area contributed by atoms with Crippen molar-refractivity contribution in [1.82, 2.24) is 10.2 Å². The molecule has 1 aliphatic carbocycles. The minimum atomic E-state index is -0.574. The highest BCUT2D eigenvalue weighted by molar-refractivity contribution is 5.98. The van der Waals surface area contributed by atoms with E-state index in [1.54, 1.807) is 24.3 Å². The number of piperidine rings is 1. The van der Waals surface area contributed by atoms with Crippen LogP contribution in [0.3, 0.4) is 0 Å². The largest absolute Gasteiger partial charge is 0.480 e. The number of hydrogen-bond acceptors (Lipinski definition) is 4. The average molecular weight is 476 g/mol. The molecule has 2 aromatic rings. The van der Waals surface area contributed by atoms with Gasteiger partial charge < -0.3 is 20.3 Å². The van der Waals surface area contributed by atoms with Crippen LogP contribution in [0.4, 0.5) is 5.69 Å². The van der Waals surface area contributed by atoms with E-state index in [0.29, 0.717) is 30.8 Å². The van der Waals surface area contributed by atoms with Gasteiger partial charge >= 0.3 is 0 Å². The van der Waals surface area contributed by atoms with Gasteiger partial charge in [-0.25, -0.2) is 0 Å². The van der Waals surface area contributed by atoms with E-state index in [4.69, 9.17) is 4.74 Å². The summed E-state index contributed by atoms with van der Waals surface area (Å²) in [5.41, 5.74) is 2.15. The molecule has 2 aliphatic heterocycles. The van der Waals surface area contributed by atoms with E-state index < -0.39 is 6.10 Å². The Labute approximate surface area is 206 Å². The Hall–Kier alpha value is -3.35. The van der Waals surface area contributed by atoms with Crippen LogP contribution in [0.25, 0.3) is 0 Å². The van der Waals surface area contributed by atoms with Crippen LogP contribution in [0.1, 0.15) is 60.9 Å². The van der Waals surface area contributed by atoms with Gasteiger partial charge in [-0.15, -0.1) is 0 Å². The monoisotopic (exact) mass is 475 g/mol. The molecule has 184 valence electrons. The van der Waals surface area contributed by atoms with E-state index in [0.717, 1.165) is 49.8 Å². The molecule has 7 heteroatoms. The number of carbonyl (C=O) groups excluding carboxylic acids is 3. The number of amides is 3. The highest BCUT2D eigenvalue weighted by Crippen LogP contribution is 2.29. The van der Waals surface area contributed by atoms with Gasteiger partial charge in [0.2, 0.25) is 5.91 Å².